The number of allylic oxidation sites excluding steroid dienone is 5. The van der Waals surface area contributed by atoms with Gasteiger partial charge in [0.2, 0.25) is 11.8 Å². The average molecular weight is 623 g/mol. The normalized spacial score (nSPS) is 28.2. The number of rotatable bonds is 5. The summed E-state index contributed by atoms with van der Waals surface area (Å²) in [4.78, 5) is 38.5. The van der Waals surface area contributed by atoms with Crippen molar-refractivity contribution < 1.29 is 34.1 Å². The molecule has 1 aromatic carbocycles. The Morgan fingerprint density at radius 1 is 1.07 bits per heavy atom. The van der Waals surface area contributed by atoms with Gasteiger partial charge in [-0.25, -0.2) is 4.79 Å². The Balaban J connectivity index is 1.78. The standard InChI is InChI=1S/C36H50N2O7/c1-24-14-13-15-27-20-29(22-30(39)21-27)38-33(40)23-31(44-4)18-11-6-5-7-12-19-32(25(2)34(24)41)45-36(43)26(3)37-35(42)28-16-9-8-10-17-28/h5-7,11-12,14,18,20-22,25-26,28,31-32,34,39,41H,8-10,13,15-17,19,23H2,1-4H3,(H,37,42)(H,38,40)/b6-5+,12-7+,18-11-,24-14+/t25?,26-,31?,32?,34?/m1/s1. The molecule has 1 heterocycles. The van der Waals surface area contributed by atoms with Crippen LogP contribution in [0.1, 0.15) is 77.7 Å². The SMILES string of the molecule is COC1\C=C/C=C/C=C/CC(OC(=O)[C@@H](C)NC(=O)C2CCCCC2)C(C)C(O)/C(C)=C/CCc2cc(O)cc(c2)NC(=O)C1. The van der Waals surface area contributed by atoms with Gasteiger partial charge in [-0.1, -0.05) is 68.7 Å². The molecule has 4 unspecified atom stereocenters. The highest BCUT2D eigenvalue weighted by Crippen LogP contribution is 2.26. The van der Waals surface area contributed by atoms with E-state index in [1.165, 1.54) is 13.2 Å². The van der Waals surface area contributed by atoms with Crippen LogP contribution >= 0.6 is 0 Å². The van der Waals surface area contributed by atoms with E-state index in [4.69, 9.17) is 9.47 Å². The summed E-state index contributed by atoms with van der Waals surface area (Å²) in [7, 11) is 1.54. The molecule has 9 heteroatoms. The van der Waals surface area contributed by atoms with Crippen LogP contribution in [-0.2, 0) is 30.3 Å². The molecule has 5 atom stereocenters. The van der Waals surface area contributed by atoms with Crippen LogP contribution in [0.5, 0.6) is 5.75 Å². The monoisotopic (exact) mass is 622 g/mol. The minimum atomic E-state index is -0.874. The van der Waals surface area contributed by atoms with Crippen molar-refractivity contribution in [2.24, 2.45) is 11.8 Å². The van der Waals surface area contributed by atoms with Gasteiger partial charge in [0.05, 0.1) is 18.6 Å². The van der Waals surface area contributed by atoms with Gasteiger partial charge in [-0.05, 0) is 62.8 Å². The number of phenols is 1. The zero-order valence-electron chi connectivity index (χ0n) is 27.0. The molecule has 0 spiro atoms. The maximum Gasteiger partial charge on any atom is 0.328 e. The van der Waals surface area contributed by atoms with Gasteiger partial charge >= 0.3 is 5.97 Å². The molecule has 1 aromatic rings. The number of carbonyl (C=O) groups is 3. The highest BCUT2D eigenvalue weighted by molar-refractivity contribution is 5.91. The summed E-state index contributed by atoms with van der Waals surface area (Å²) in [6.07, 6.45) is 17.4. The van der Waals surface area contributed by atoms with E-state index in [1.807, 2.05) is 44.2 Å². The number of aliphatic hydroxyl groups is 1. The molecule has 1 aliphatic heterocycles. The number of methoxy groups -OCH3 is 1. The fourth-order valence-corrected chi connectivity index (χ4v) is 5.70. The third kappa shape index (κ3) is 12.0. The van der Waals surface area contributed by atoms with E-state index in [1.54, 1.807) is 31.2 Å². The lowest BCUT2D eigenvalue weighted by Gasteiger charge is -2.29. The largest absolute Gasteiger partial charge is 0.508 e. The van der Waals surface area contributed by atoms with E-state index in [0.29, 0.717) is 24.9 Å². The quantitative estimate of drug-likeness (QED) is 0.245. The van der Waals surface area contributed by atoms with E-state index in [9.17, 15) is 24.6 Å². The first-order valence-corrected chi connectivity index (χ1v) is 16.1. The molecule has 1 saturated carbocycles. The number of phenolic OH excluding ortho intramolecular Hbond substituents is 1. The predicted molar refractivity (Wildman–Crippen MR) is 175 cm³/mol. The molecule has 3 rings (SSSR count). The highest BCUT2D eigenvalue weighted by Gasteiger charge is 2.31. The fraction of sp³-hybridized carbons (Fsp3) is 0.528. The Hall–Kier alpha value is -3.69. The minimum Gasteiger partial charge on any atom is -0.508 e. The number of aliphatic hydroxyl groups excluding tert-OH is 1. The van der Waals surface area contributed by atoms with E-state index >= 15 is 0 Å². The van der Waals surface area contributed by atoms with Crippen LogP contribution in [0.3, 0.4) is 0 Å². The first-order valence-electron chi connectivity index (χ1n) is 16.1. The van der Waals surface area contributed by atoms with Gasteiger partial charge in [-0.15, -0.1) is 0 Å². The average Bonchev–Trinajstić information content (AvgIpc) is 3.01. The topological polar surface area (TPSA) is 134 Å². The maximum absolute atomic E-state index is 13.1. The van der Waals surface area contributed by atoms with Crippen molar-refractivity contribution in [1.29, 1.82) is 0 Å². The predicted octanol–water partition coefficient (Wildman–Crippen LogP) is 5.68. The van der Waals surface area contributed by atoms with Crippen LogP contribution < -0.4 is 10.6 Å². The molecule has 1 fully saturated rings. The van der Waals surface area contributed by atoms with Crippen molar-refractivity contribution in [3.63, 3.8) is 0 Å². The zero-order chi connectivity index (χ0) is 32.8. The number of aryl methyl sites for hydroxylation is 1. The Kier molecular flexibility index (Phi) is 14.6. The Morgan fingerprint density at radius 3 is 2.53 bits per heavy atom. The van der Waals surface area contributed by atoms with Crippen LogP contribution in [0.25, 0.3) is 0 Å². The molecular formula is C36H50N2O7. The number of nitrogens with one attached hydrogen (secondary N) is 2. The van der Waals surface area contributed by atoms with Gasteiger partial charge in [-0.2, -0.15) is 0 Å². The van der Waals surface area contributed by atoms with Gasteiger partial charge in [-0.3, -0.25) is 9.59 Å². The van der Waals surface area contributed by atoms with Gasteiger partial charge in [0.25, 0.3) is 0 Å². The number of carbonyl (C=O) groups excluding carboxylic acids is 3. The zero-order valence-corrected chi connectivity index (χ0v) is 27.0. The van der Waals surface area contributed by atoms with Crippen molar-refractivity contribution in [3.8, 4) is 5.75 Å². The first kappa shape index (κ1) is 35.8. The Morgan fingerprint density at radius 2 is 1.80 bits per heavy atom. The van der Waals surface area contributed by atoms with Crippen LogP contribution in [0.15, 0.2) is 66.3 Å². The number of ether oxygens (including phenoxy) is 2. The van der Waals surface area contributed by atoms with Crippen molar-refractivity contribution in [2.75, 3.05) is 12.4 Å². The van der Waals surface area contributed by atoms with Crippen molar-refractivity contribution >= 4 is 23.5 Å². The number of benzene rings is 1. The fourth-order valence-electron chi connectivity index (χ4n) is 5.70. The molecule has 9 nitrogen and oxygen atoms in total. The van der Waals surface area contributed by atoms with Gasteiger partial charge in [0, 0.05) is 37.1 Å². The van der Waals surface area contributed by atoms with Gasteiger partial charge < -0.3 is 30.3 Å². The minimum absolute atomic E-state index is 0.0465. The molecule has 0 radical (unpaired) electrons. The third-order valence-corrected chi connectivity index (χ3v) is 8.52. The number of amides is 2. The van der Waals surface area contributed by atoms with Gasteiger partial charge in [0.15, 0.2) is 0 Å². The second-order valence-electron chi connectivity index (χ2n) is 12.2. The lowest BCUT2D eigenvalue weighted by molar-refractivity contribution is -0.156. The third-order valence-electron chi connectivity index (χ3n) is 8.52. The van der Waals surface area contributed by atoms with Crippen LogP contribution in [-0.4, -0.2) is 59.5 Å². The van der Waals surface area contributed by atoms with E-state index < -0.39 is 36.2 Å². The number of esters is 1. The lowest BCUT2D eigenvalue weighted by Crippen LogP contribution is -2.45. The van der Waals surface area contributed by atoms with Crippen LogP contribution in [0.2, 0.25) is 0 Å². The molecule has 45 heavy (non-hydrogen) atoms. The van der Waals surface area contributed by atoms with Gasteiger partial charge in [0.1, 0.15) is 17.9 Å². The first-order chi connectivity index (χ1) is 21.6. The van der Waals surface area contributed by atoms with Crippen molar-refractivity contribution in [1.82, 2.24) is 5.32 Å². The number of hydrogen-bond acceptors (Lipinski definition) is 7. The van der Waals surface area contributed by atoms with Crippen LogP contribution in [0.4, 0.5) is 5.69 Å². The number of fused-ring (bicyclic) bond motifs is 2. The lowest BCUT2D eigenvalue weighted by atomic mass is 9.88. The summed E-state index contributed by atoms with van der Waals surface area (Å²) in [5.74, 6) is -1.33. The number of anilines is 1. The molecule has 2 amide bonds. The maximum atomic E-state index is 13.1. The number of hydrogen-bond donors (Lipinski definition) is 4. The van der Waals surface area contributed by atoms with Crippen LogP contribution in [0, 0.1) is 11.8 Å². The molecule has 1 aliphatic carbocycles. The molecule has 4 N–H and O–H groups in total. The smallest absolute Gasteiger partial charge is 0.328 e. The van der Waals surface area contributed by atoms with Crippen molar-refractivity contribution in [2.45, 2.75) is 103 Å². The molecule has 2 bridgehead atoms. The summed E-state index contributed by atoms with van der Waals surface area (Å²) in [6.45, 7) is 5.33. The highest BCUT2D eigenvalue weighted by atomic mass is 16.5. The molecule has 0 saturated heterocycles. The molecule has 2 aliphatic rings. The van der Waals surface area contributed by atoms with E-state index in [-0.39, 0.29) is 29.9 Å². The molecular weight excluding hydrogens is 572 g/mol. The summed E-state index contributed by atoms with van der Waals surface area (Å²) in [5.41, 5.74) is 2.06. The second-order valence-corrected chi connectivity index (χ2v) is 12.2. The second kappa shape index (κ2) is 18.3. The Labute approximate surface area is 267 Å². The van der Waals surface area contributed by atoms with E-state index in [2.05, 4.69) is 10.6 Å². The summed E-state index contributed by atoms with van der Waals surface area (Å²) >= 11 is 0. The summed E-state index contributed by atoms with van der Waals surface area (Å²) in [5, 5.41) is 27.2. The summed E-state index contributed by atoms with van der Waals surface area (Å²) in [6, 6.07) is 4.16. The molecule has 0 aromatic heterocycles. The number of aromatic hydroxyl groups is 1. The Bertz CT molecular complexity index is 1260. The summed E-state index contributed by atoms with van der Waals surface area (Å²) < 4.78 is 11.4. The molecule has 246 valence electrons. The van der Waals surface area contributed by atoms with E-state index in [0.717, 1.165) is 43.2 Å². The van der Waals surface area contributed by atoms with Crippen molar-refractivity contribution in [3.05, 3.63) is 71.9 Å².